The third-order valence-corrected chi connectivity index (χ3v) is 4.39. The van der Waals surface area contributed by atoms with E-state index in [1.54, 1.807) is 10.7 Å². The van der Waals surface area contributed by atoms with E-state index in [-0.39, 0.29) is 5.91 Å². The lowest BCUT2D eigenvalue weighted by atomic mass is 10.1. The molecule has 2 aromatic carbocycles. The average Bonchev–Trinajstić information content (AvgIpc) is 3.32. The zero-order chi connectivity index (χ0) is 17.9. The molecule has 0 aliphatic rings. The Morgan fingerprint density at radius 1 is 1.15 bits per heavy atom. The molecule has 0 saturated heterocycles. The minimum Gasteiger partial charge on any atom is -0.350 e. The molecule has 0 unspecified atom stereocenters. The van der Waals surface area contributed by atoms with Gasteiger partial charge in [0.1, 0.15) is 6.33 Å². The van der Waals surface area contributed by atoms with E-state index in [2.05, 4.69) is 43.6 Å². The Balaban J connectivity index is 1.44. The first kappa shape index (κ1) is 16.0. The zero-order valence-electron chi connectivity index (χ0n) is 14.3. The van der Waals surface area contributed by atoms with Crippen LogP contribution in [0.25, 0.3) is 16.6 Å². The van der Waals surface area contributed by atoms with E-state index >= 15 is 0 Å². The summed E-state index contributed by atoms with van der Waals surface area (Å²) < 4.78 is 3.69. The third-order valence-electron chi connectivity index (χ3n) is 4.39. The molecule has 0 radical (unpaired) electrons. The standard InChI is InChI=1S/C19H18N6O/c1-14-6-7-16(12-18(14)25-13-21-22-23-25)19(26)20-9-11-24-10-8-15-4-2-3-5-17(15)24/h2-8,10,12-13H,9,11H2,1H3,(H,20,26). The maximum absolute atomic E-state index is 12.5. The van der Waals surface area contributed by atoms with E-state index in [9.17, 15) is 4.79 Å². The van der Waals surface area contributed by atoms with Gasteiger partial charge in [-0.2, -0.15) is 0 Å². The van der Waals surface area contributed by atoms with Crippen molar-refractivity contribution < 1.29 is 4.79 Å². The zero-order valence-corrected chi connectivity index (χ0v) is 14.3. The second-order valence-corrected chi connectivity index (χ2v) is 6.08. The molecule has 0 aliphatic heterocycles. The molecule has 26 heavy (non-hydrogen) atoms. The van der Waals surface area contributed by atoms with Crippen LogP contribution in [0.5, 0.6) is 0 Å². The van der Waals surface area contributed by atoms with E-state index in [1.807, 2.05) is 37.4 Å². The molecule has 0 aliphatic carbocycles. The number of nitrogens with zero attached hydrogens (tertiary/aromatic N) is 5. The maximum atomic E-state index is 12.5. The van der Waals surface area contributed by atoms with Crippen LogP contribution < -0.4 is 5.32 Å². The predicted octanol–water partition coefficient (Wildman–Crippen LogP) is 2.36. The molecule has 0 fully saturated rings. The van der Waals surface area contributed by atoms with Crippen molar-refractivity contribution in [2.45, 2.75) is 13.5 Å². The summed E-state index contributed by atoms with van der Waals surface area (Å²) in [4.78, 5) is 12.5. The van der Waals surface area contributed by atoms with E-state index in [4.69, 9.17) is 0 Å². The first-order valence-corrected chi connectivity index (χ1v) is 8.38. The van der Waals surface area contributed by atoms with Gasteiger partial charge in [0.25, 0.3) is 5.91 Å². The average molecular weight is 346 g/mol. The van der Waals surface area contributed by atoms with Gasteiger partial charge in [-0.3, -0.25) is 4.79 Å². The Kier molecular flexibility index (Phi) is 4.18. The van der Waals surface area contributed by atoms with Crippen molar-refractivity contribution in [3.63, 3.8) is 0 Å². The fourth-order valence-corrected chi connectivity index (χ4v) is 3.00. The van der Waals surface area contributed by atoms with Crippen LogP contribution in [0.1, 0.15) is 15.9 Å². The number of fused-ring (bicyclic) bond motifs is 1. The summed E-state index contributed by atoms with van der Waals surface area (Å²) in [7, 11) is 0. The van der Waals surface area contributed by atoms with Gasteiger partial charge in [0.05, 0.1) is 5.69 Å². The molecule has 0 saturated carbocycles. The molecule has 0 spiro atoms. The second-order valence-electron chi connectivity index (χ2n) is 6.08. The van der Waals surface area contributed by atoms with Crippen LogP contribution in [-0.4, -0.2) is 37.2 Å². The lowest BCUT2D eigenvalue weighted by Crippen LogP contribution is -2.27. The van der Waals surface area contributed by atoms with Gasteiger partial charge in [0, 0.05) is 30.4 Å². The van der Waals surface area contributed by atoms with Crippen LogP contribution in [0.4, 0.5) is 0 Å². The summed E-state index contributed by atoms with van der Waals surface area (Å²) in [5.41, 5.74) is 3.53. The molecule has 4 rings (SSSR count). The minimum absolute atomic E-state index is 0.115. The Hall–Kier alpha value is -3.48. The van der Waals surface area contributed by atoms with Crippen molar-refractivity contribution in [2.24, 2.45) is 0 Å². The summed E-state index contributed by atoms with van der Waals surface area (Å²) in [6, 6.07) is 15.8. The number of para-hydroxylation sites is 1. The van der Waals surface area contributed by atoms with Crippen molar-refractivity contribution in [2.75, 3.05) is 6.54 Å². The van der Waals surface area contributed by atoms with Crippen LogP contribution >= 0.6 is 0 Å². The fraction of sp³-hybridized carbons (Fsp3) is 0.158. The maximum Gasteiger partial charge on any atom is 0.251 e. The van der Waals surface area contributed by atoms with Crippen molar-refractivity contribution in [1.82, 2.24) is 30.1 Å². The van der Waals surface area contributed by atoms with Crippen molar-refractivity contribution in [3.05, 3.63) is 72.2 Å². The van der Waals surface area contributed by atoms with Gasteiger partial charge in [-0.1, -0.05) is 24.3 Å². The van der Waals surface area contributed by atoms with E-state index in [0.717, 1.165) is 16.8 Å². The topological polar surface area (TPSA) is 77.6 Å². The number of tetrazole rings is 1. The van der Waals surface area contributed by atoms with E-state index in [1.165, 1.54) is 11.7 Å². The van der Waals surface area contributed by atoms with Gasteiger partial charge in [-0.25, -0.2) is 4.68 Å². The number of benzene rings is 2. The molecule has 4 aromatic rings. The normalized spacial score (nSPS) is 11.0. The number of hydrogen-bond acceptors (Lipinski definition) is 4. The van der Waals surface area contributed by atoms with Gasteiger partial charge in [-0.15, -0.1) is 5.10 Å². The van der Waals surface area contributed by atoms with E-state index in [0.29, 0.717) is 18.7 Å². The Labute approximate surface area is 150 Å². The fourth-order valence-electron chi connectivity index (χ4n) is 3.00. The van der Waals surface area contributed by atoms with Crippen molar-refractivity contribution in [3.8, 4) is 5.69 Å². The number of aryl methyl sites for hydroxylation is 1. The molecule has 0 bridgehead atoms. The van der Waals surface area contributed by atoms with Crippen molar-refractivity contribution >= 4 is 16.8 Å². The molecule has 2 heterocycles. The first-order valence-electron chi connectivity index (χ1n) is 8.38. The van der Waals surface area contributed by atoms with Crippen LogP contribution in [-0.2, 0) is 6.54 Å². The van der Waals surface area contributed by atoms with Crippen LogP contribution in [0, 0.1) is 6.92 Å². The summed E-state index contributed by atoms with van der Waals surface area (Å²) in [6.45, 7) is 3.21. The van der Waals surface area contributed by atoms with Gasteiger partial charge >= 0.3 is 0 Å². The minimum atomic E-state index is -0.115. The summed E-state index contributed by atoms with van der Waals surface area (Å²) in [6.07, 6.45) is 3.56. The molecule has 130 valence electrons. The lowest BCUT2D eigenvalue weighted by molar-refractivity contribution is 0.0952. The van der Waals surface area contributed by atoms with Gasteiger partial charge in [-0.05, 0) is 52.6 Å². The molecule has 7 heteroatoms. The highest BCUT2D eigenvalue weighted by Gasteiger charge is 2.10. The highest BCUT2D eigenvalue weighted by molar-refractivity contribution is 5.94. The molecule has 2 aromatic heterocycles. The Morgan fingerprint density at radius 3 is 2.88 bits per heavy atom. The number of aromatic nitrogens is 5. The SMILES string of the molecule is Cc1ccc(C(=O)NCCn2ccc3ccccc32)cc1-n1cnnn1. The molecule has 7 nitrogen and oxygen atoms in total. The molecule has 1 amide bonds. The van der Waals surface area contributed by atoms with E-state index < -0.39 is 0 Å². The largest absolute Gasteiger partial charge is 0.350 e. The highest BCUT2D eigenvalue weighted by atomic mass is 16.1. The number of carbonyl (C=O) groups is 1. The monoisotopic (exact) mass is 346 g/mol. The highest BCUT2D eigenvalue weighted by Crippen LogP contribution is 2.16. The first-order chi connectivity index (χ1) is 12.7. The van der Waals surface area contributed by atoms with Gasteiger partial charge in [0.15, 0.2) is 0 Å². The Bertz CT molecular complexity index is 1050. The van der Waals surface area contributed by atoms with Crippen LogP contribution in [0.2, 0.25) is 0 Å². The molecule has 1 N–H and O–H groups in total. The quantitative estimate of drug-likeness (QED) is 0.602. The smallest absolute Gasteiger partial charge is 0.251 e. The van der Waals surface area contributed by atoms with Gasteiger partial charge < -0.3 is 9.88 Å². The number of hydrogen-bond donors (Lipinski definition) is 1. The number of nitrogens with one attached hydrogen (secondary N) is 1. The molecular formula is C19H18N6O. The van der Waals surface area contributed by atoms with Crippen molar-refractivity contribution in [1.29, 1.82) is 0 Å². The van der Waals surface area contributed by atoms with Crippen LogP contribution in [0.15, 0.2) is 61.1 Å². The second kappa shape index (κ2) is 6.79. The van der Waals surface area contributed by atoms with Crippen LogP contribution in [0.3, 0.4) is 0 Å². The third kappa shape index (κ3) is 3.06. The molecular weight excluding hydrogens is 328 g/mol. The Morgan fingerprint density at radius 2 is 2.04 bits per heavy atom. The summed E-state index contributed by atoms with van der Waals surface area (Å²) in [5, 5.41) is 15.4. The summed E-state index contributed by atoms with van der Waals surface area (Å²) >= 11 is 0. The predicted molar refractivity (Wildman–Crippen MR) is 98.2 cm³/mol. The number of amides is 1. The van der Waals surface area contributed by atoms with Gasteiger partial charge in [0.2, 0.25) is 0 Å². The lowest BCUT2D eigenvalue weighted by Gasteiger charge is -2.10. The number of rotatable bonds is 5. The summed E-state index contributed by atoms with van der Waals surface area (Å²) in [5.74, 6) is -0.115. The number of carbonyl (C=O) groups excluding carboxylic acids is 1. The molecule has 0 atom stereocenters.